The van der Waals surface area contributed by atoms with Gasteiger partial charge in [-0.3, -0.25) is 9.36 Å². The van der Waals surface area contributed by atoms with Crippen LogP contribution >= 0.6 is 0 Å². The van der Waals surface area contributed by atoms with Crippen LogP contribution in [-0.2, 0) is 6.54 Å². The fourth-order valence-corrected chi connectivity index (χ4v) is 5.34. The van der Waals surface area contributed by atoms with Crippen molar-refractivity contribution in [1.82, 2.24) is 14.3 Å². The van der Waals surface area contributed by atoms with Crippen molar-refractivity contribution in [3.05, 3.63) is 93.3 Å². The van der Waals surface area contributed by atoms with E-state index < -0.39 is 35.5 Å². The summed E-state index contributed by atoms with van der Waals surface area (Å²) in [5, 5.41) is 59.2. The highest BCUT2D eigenvalue weighted by atomic mass is 16.3. The molecule has 4 N–H and O–H groups in total. The molecule has 2 aromatic carbocycles. The number of nitrogens with zero attached hydrogens (tertiary/aromatic N) is 4. The maximum Gasteiger partial charge on any atom is 0.271 e. The van der Waals surface area contributed by atoms with Gasteiger partial charge in [-0.2, -0.15) is 10.4 Å². The fourth-order valence-electron chi connectivity index (χ4n) is 5.34. The van der Waals surface area contributed by atoms with Gasteiger partial charge in [0.2, 0.25) is 5.88 Å². The Hall–Kier alpha value is -4.39. The first-order valence-corrected chi connectivity index (χ1v) is 12.0. The first-order valence-electron chi connectivity index (χ1n) is 12.0. The molecule has 2 unspecified atom stereocenters. The Morgan fingerprint density at radius 1 is 0.919 bits per heavy atom. The maximum absolute atomic E-state index is 12.6. The quantitative estimate of drug-likeness (QED) is 0.331. The predicted octanol–water partition coefficient (Wildman–Crippen LogP) is 2.92. The number of hydrogen-bond acceptors (Lipinski definition) is 7. The van der Waals surface area contributed by atoms with Crippen LogP contribution in [-0.4, -0.2) is 47.0 Å². The van der Waals surface area contributed by atoms with E-state index in [2.05, 4.69) is 5.10 Å². The van der Waals surface area contributed by atoms with Crippen molar-refractivity contribution in [3.8, 4) is 34.8 Å². The van der Waals surface area contributed by atoms with E-state index in [4.69, 9.17) is 0 Å². The highest BCUT2D eigenvalue weighted by Crippen LogP contribution is 2.54. The van der Waals surface area contributed by atoms with Crippen LogP contribution in [0.15, 0.2) is 65.5 Å². The van der Waals surface area contributed by atoms with Crippen LogP contribution in [0.2, 0.25) is 0 Å². The molecule has 2 atom stereocenters. The molecule has 2 aromatic heterocycles. The van der Waals surface area contributed by atoms with Crippen molar-refractivity contribution in [2.24, 2.45) is 0 Å². The number of pyridine rings is 1. The van der Waals surface area contributed by atoms with Gasteiger partial charge in [0.1, 0.15) is 17.3 Å². The molecule has 0 saturated heterocycles. The summed E-state index contributed by atoms with van der Waals surface area (Å²) in [4.78, 5) is 12.6. The predicted molar refractivity (Wildman–Crippen MR) is 136 cm³/mol. The van der Waals surface area contributed by atoms with E-state index in [-0.39, 0.29) is 34.7 Å². The lowest BCUT2D eigenvalue weighted by Crippen LogP contribution is -2.52. The van der Waals surface area contributed by atoms with Crippen molar-refractivity contribution in [1.29, 1.82) is 5.26 Å². The van der Waals surface area contributed by atoms with Crippen LogP contribution in [0.4, 0.5) is 0 Å². The lowest BCUT2D eigenvalue weighted by molar-refractivity contribution is -0.0801. The molecule has 0 aliphatic heterocycles. The molecular formula is C28H26N4O5. The molecule has 1 saturated carbocycles. The molecule has 1 fully saturated rings. The van der Waals surface area contributed by atoms with Crippen molar-refractivity contribution in [2.75, 3.05) is 0 Å². The van der Waals surface area contributed by atoms with Crippen molar-refractivity contribution < 1.29 is 20.4 Å². The van der Waals surface area contributed by atoms with Crippen molar-refractivity contribution in [3.63, 3.8) is 0 Å². The third kappa shape index (κ3) is 3.61. The highest BCUT2D eigenvalue weighted by Gasteiger charge is 2.55. The molecule has 0 radical (unpaired) electrons. The van der Waals surface area contributed by atoms with Gasteiger partial charge in [0, 0.05) is 29.5 Å². The van der Waals surface area contributed by atoms with E-state index in [0.717, 1.165) is 4.57 Å². The molecule has 0 amide bonds. The van der Waals surface area contributed by atoms with Gasteiger partial charge in [-0.25, -0.2) is 4.68 Å². The van der Waals surface area contributed by atoms with Crippen LogP contribution in [0, 0.1) is 18.3 Å². The van der Waals surface area contributed by atoms with Gasteiger partial charge in [-0.05, 0) is 31.5 Å². The lowest BCUT2D eigenvalue weighted by Gasteiger charge is -2.47. The number of aromatic hydroxyl groups is 2. The zero-order valence-electron chi connectivity index (χ0n) is 20.3. The van der Waals surface area contributed by atoms with Crippen molar-refractivity contribution >= 4 is 0 Å². The Bertz CT molecular complexity index is 1560. The number of rotatable bonds is 5. The molecule has 9 heteroatoms. The third-order valence-corrected chi connectivity index (χ3v) is 7.25. The Kier molecular flexibility index (Phi) is 6.07. The van der Waals surface area contributed by atoms with Crippen molar-refractivity contribution in [2.45, 2.75) is 44.4 Å². The summed E-state index contributed by atoms with van der Waals surface area (Å²) in [7, 11) is 0. The van der Waals surface area contributed by atoms with Gasteiger partial charge in [0.05, 0.1) is 23.5 Å². The van der Waals surface area contributed by atoms with E-state index in [0.29, 0.717) is 16.9 Å². The standard InChI is InChI=1S/C28H26N4O5/c1-3-31-26(35)18(14-29)15(2)19(27(31)36)21-24(33)22(25(21)34)20-23(16-10-6-4-7-11-16)30-32(28(20)37)17-12-8-5-9-13-17/h4-13,21-22,24-25,33-34,36-37H,3H2,1-2H3. The van der Waals surface area contributed by atoms with E-state index in [1.54, 1.807) is 19.1 Å². The topological polar surface area (TPSA) is 145 Å². The minimum atomic E-state index is -1.24. The van der Waals surface area contributed by atoms with E-state index in [9.17, 15) is 30.5 Å². The molecule has 1 aliphatic carbocycles. The first kappa shape index (κ1) is 24.3. The largest absolute Gasteiger partial charge is 0.494 e. The molecule has 2 heterocycles. The summed E-state index contributed by atoms with van der Waals surface area (Å²) in [6, 6.07) is 20.0. The number of aliphatic hydroxyl groups excluding tert-OH is 2. The number of nitriles is 1. The average Bonchev–Trinajstić information content (AvgIpc) is 3.24. The summed E-state index contributed by atoms with van der Waals surface area (Å²) in [5.74, 6) is -2.54. The summed E-state index contributed by atoms with van der Waals surface area (Å²) < 4.78 is 2.41. The molecule has 188 valence electrons. The summed E-state index contributed by atoms with van der Waals surface area (Å²) in [6.07, 6.45) is -2.48. The van der Waals surface area contributed by atoms with Gasteiger partial charge in [-0.1, -0.05) is 48.5 Å². The number of aliphatic hydroxyl groups is 2. The highest BCUT2D eigenvalue weighted by molar-refractivity contribution is 5.68. The van der Waals surface area contributed by atoms with E-state index in [1.807, 2.05) is 54.6 Å². The Balaban J connectivity index is 1.65. The maximum atomic E-state index is 12.6. The SMILES string of the molecule is CCn1c(O)c(C2C(O)C(c3c(-c4ccccc4)nn(-c4ccccc4)c3O)C2O)c(C)c(C#N)c1=O. The lowest BCUT2D eigenvalue weighted by atomic mass is 9.62. The number of hydrogen-bond donors (Lipinski definition) is 4. The second-order valence-corrected chi connectivity index (χ2v) is 9.13. The van der Waals surface area contributed by atoms with Gasteiger partial charge in [-0.15, -0.1) is 0 Å². The molecule has 1 aliphatic rings. The average molecular weight is 499 g/mol. The molecule has 0 bridgehead atoms. The van der Waals surface area contributed by atoms with Crippen LogP contribution in [0.25, 0.3) is 16.9 Å². The third-order valence-electron chi connectivity index (χ3n) is 7.25. The second-order valence-electron chi connectivity index (χ2n) is 9.13. The fraction of sp³-hybridized carbons (Fsp3) is 0.250. The van der Waals surface area contributed by atoms with Gasteiger partial charge >= 0.3 is 0 Å². The first-order chi connectivity index (χ1) is 17.8. The summed E-state index contributed by atoms with van der Waals surface area (Å²) in [6.45, 7) is 3.28. The van der Waals surface area contributed by atoms with E-state index >= 15 is 0 Å². The van der Waals surface area contributed by atoms with Crippen LogP contribution in [0.5, 0.6) is 11.8 Å². The van der Waals surface area contributed by atoms with Crippen LogP contribution in [0.3, 0.4) is 0 Å². The van der Waals surface area contributed by atoms with Crippen LogP contribution < -0.4 is 5.56 Å². The number of aromatic nitrogens is 3. The summed E-state index contributed by atoms with van der Waals surface area (Å²) in [5.41, 5.74) is 1.54. The number of benzene rings is 2. The normalized spacial score (nSPS) is 20.8. The second kappa shape index (κ2) is 9.24. The molecule has 37 heavy (non-hydrogen) atoms. The minimum Gasteiger partial charge on any atom is -0.494 e. The Morgan fingerprint density at radius 3 is 2.05 bits per heavy atom. The Morgan fingerprint density at radius 2 is 1.49 bits per heavy atom. The Labute approximate surface area is 212 Å². The molecule has 5 rings (SSSR count). The molecular weight excluding hydrogens is 472 g/mol. The zero-order chi connectivity index (χ0) is 26.4. The van der Waals surface area contributed by atoms with E-state index in [1.165, 1.54) is 11.6 Å². The summed E-state index contributed by atoms with van der Waals surface area (Å²) >= 11 is 0. The smallest absolute Gasteiger partial charge is 0.271 e. The van der Waals surface area contributed by atoms with Gasteiger partial charge in [0.15, 0.2) is 5.88 Å². The van der Waals surface area contributed by atoms with Crippen LogP contribution in [0.1, 0.15) is 41.0 Å². The monoisotopic (exact) mass is 498 g/mol. The minimum absolute atomic E-state index is 0.109. The number of para-hydroxylation sites is 1. The molecule has 4 aromatic rings. The zero-order valence-corrected chi connectivity index (χ0v) is 20.3. The molecule has 9 nitrogen and oxygen atoms in total. The van der Waals surface area contributed by atoms with Gasteiger partial charge in [0.25, 0.3) is 5.56 Å². The molecule has 0 spiro atoms. The van der Waals surface area contributed by atoms with Gasteiger partial charge < -0.3 is 20.4 Å².